The molecule has 0 saturated carbocycles. The molecule has 31 heavy (non-hydrogen) atoms. The molecule has 2 amide bonds. The number of nitrogens with zero attached hydrogens (tertiary/aromatic N) is 2. The van der Waals surface area contributed by atoms with Gasteiger partial charge in [0.25, 0.3) is 0 Å². The lowest BCUT2D eigenvalue weighted by Crippen LogP contribution is -2.35. The van der Waals surface area contributed by atoms with Crippen LogP contribution in [-0.4, -0.2) is 30.8 Å². The zero-order valence-electron chi connectivity index (χ0n) is 20.0. The number of hydrogen-bond donors (Lipinski definition) is 1. The molecule has 0 saturated heterocycles. The summed E-state index contributed by atoms with van der Waals surface area (Å²) in [5.74, 6) is 0.0958. The molecule has 0 aliphatic carbocycles. The van der Waals surface area contributed by atoms with E-state index in [1.54, 1.807) is 0 Å². The summed E-state index contributed by atoms with van der Waals surface area (Å²) in [4.78, 5) is 29.3. The van der Waals surface area contributed by atoms with Crippen molar-refractivity contribution in [2.45, 2.75) is 60.0 Å². The van der Waals surface area contributed by atoms with Crippen molar-refractivity contribution in [2.24, 2.45) is 5.41 Å². The summed E-state index contributed by atoms with van der Waals surface area (Å²) in [6.45, 7) is 10.6. The van der Waals surface area contributed by atoms with E-state index in [1.807, 2.05) is 67.2 Å². The molecule has 0 fully saturated rings. The van der Waals surface area contributed by atoms with Crippen molar-refractivity contribution in [1.29, 1.82) is 0 Å². The van der Waals surface area contributed by atoms with E-state index in [1.165, 1.54) is 0 Å². The molecule has 168 valence electrons. The Bertz CT molecular complexity index is 885. The molecule has 0 aliphatic heterocycles. The minimum absolute atomic E-state index is 0.0260. The van der Waals surface area contributed by atoms with E-state index < -0.39 is 0 Å². The molecule has 1 N–H and O–H groups in total. The van der Waals surface area contributed by atoms with Crippen LogP contribution in [0.15, 0.2) is 48.5 Å². The Morgan fingerprint density at radius 1 is 1.03 bits per heavy atom. The summed E-state index contributed by atoms with van der Waals surface area (Å²) in [6, 6.07) is 15.9. The van der Waals surface area contributed by atoms with Gasteiger partial charge in [-0.2, -0.15) is 0 Å². The number of hydrogen-bond acceptors (Lipinski definition) is 3. The second kappa shape index (κ2) is 10.5. The van der Waals surface area contributed by atoms with Gasteiger partial charge in [0.1, 0.15) is 0 Å². The molecule has 0 spiro atoms. The van der Waals surface area contributed by atoms with Crippen LogP contribution >= 0.6 is 0 Å². The highest BCUT2D eigenvalue weighted by atomic mass is 16.2. The van der Waals surface area contributed by atoms with Gasteiger partial charge in [-0.15, -0.1) is 0 Å². The number of rotatable bonds is 8. The smallest absolute Gasteiger partial charge is 0.224 e. The standard InChI is InChI=1S/C26H37N3O2/c1-8-24(30)27-22-14-15-23(28(6)7)21(16-22)18-29(25(31)17-26(3,4)5)19(2)20-12-10-9-11-13-20/h9-16,19H,8,17-18H2,1-7H3,(H,27,30). The molecule has 0 aliphatic rings. The van der Waals surface area contributed by atoms with Gasteiger partial charge in [0.15, 0.2) is 0 Å². The summed E-state index contributed by atoms with van der Waals surface area (Å²) >= 11 is 0. The molecule has 0 bridgehead atoms. The summed E-state index contributed by atoms with van der Waals surface area (Å²) in [6.07, 6.45) is 0.889. The number of anilines is 2. The van der Waals surface area contributed by atoms with Crippen LogP contribution in [0, 0.1) is 5.41 Å². The molecule has 1 atom stereocenters. The zero-order chi connectivity index (χ0) is 23.2. The van der Waals surface area contributed by atoms with Gasteiger partial charge in [0.05, 0.1) is 6.04 Å². The molecule has 0 heterocycles. The van der Waals surface area contributed by atoms with Crippen LogP contribution in [-0.2, 0) is 16.1 Å². The van der Waals surface area contributed by atoms with Gasteiger partial charge in [-0.3, -0.25) is 9.59 Å². The van der Waals surface area contributed by atoms with Gasteiger partial charge in [-0.25, -0.2) is 0 Å². The molecular weight excluding hydrogens is 386 g/mol. The fourth-order valence-corrected chi connectivity index (χ4v) is 3.57. The topological polar surface area (TPSA) is 52.7 Å². The summed E-state index contributed by atoms with van der Waals surface area (Å²) < 4.78 is 0. The normalized spacial score (nSPS) is 12.2. The van der Waals surface area contributed by atoms with Gasteiger partial charge in [0, 0.05) is 44.9 Å². The SMILES string of the molecule is CCC(=O)Nc1ccc(N(C)C)c(CN(C(=O)CC(C)(C)C)C(C)c2ccccc2)c1. The van der Waals surface area contributed by atoms with Crippen LogP contribution in [0.25, 0.3) is 0 Å². The number of amides is 2. The minimum Gasteiger partial charge on any atom is -0.377 e. The van der Waals surface area contributed by atoms with E-state index in [0.29, 0.717) is 19.4 Å². The quantitative estimate of drug-likeness (QED) is 0.599. The Balaban J connectivity index is 2.45. The molecule has 5 heteroatoms. The van der Waals surface area contributed by atoms with E-state index >= 15 is 0 Å². The first-order valence-corrected chi connectivity index (χ1v) is 11.0. The highest BCUT2D eigenvalue weighted by molar-refractivity contribution is 5.91. The maximum atomic E-state index is 13.4. The van der Waals surface area contributed by atoms with Crippen molar-refractivity contribution in [1.82, 2.24) is 4.90 Å². The first kappa shape index (κ1) is 24.4. The van der Waals surface area contributed by atoms with Gasteiger partial charge >= 0.3 is 0 Å². The highest BCUT2D eigenvalue weighted by Crippen LogP contribution is 2.31. The summed E-state index contributed by atoms with van der Waals surface area (Å²) in [7, 11) is 3.98. The van der Waals surface area contributed by atoms with Crippen LogP contribution in [0.3, 0.4) is 0 Å². The van der Waals surface area contributed by atoms with Crippen molar-refractivity contribution in [3.63, 3.8) is 0 Å². The summed E-state index contributed by atoms with van der Waals surface area (Å²) in [5, 5.41) is 2.94. The van der Waals surface area contributed by atoms with Gasteiger partial charge in [-0.1, -0.05) is 58.0 Å². The van der Waals surface area contributed by atoms with Gasteiger partial charge in [-0.05, 0) is 41.7 Å². The number of benzene rings is 2. The molecule has 5 nitrogen and oxygen atoms in total. The van der Waals surface area contributed by atoms with Crippen LogP contribution in [0.1, 0.15) is 64.6 Å². The van der Waals surface area contributed by atoms with E-state index in [2.05, 4.69) is 45.1 Å². The third kappa shape index (κ3) is 7.12. The molecule has 1 unspecified atom stereocenters. The molecular formula is C26H37N3O2. The van der Waals surface area contributed by atoms with E-state index in [0.717, 1.165) is 22.5 Å². The van der Waals surface area contributed by atoms with Crippen molar-refractivity contribution in [2.75, 3.05) is 24.3 Å². The second-order valence-corrected chi connectivity index (χ2v) is 9.49. The Morgan fingerprint density at radius 3 is 2.23 bits per heavy atom. The lowest BCUT2D eigenvalue weighted by Gasteiger charge is -2.33. The van der Waals surface area contributed by atoms with E-state index in [4.69, 9.17) is 0 Å². The highest BCUT2D eigenvalue weighted by Gasteiger charge is 2.27. The second-order valence-electron chi connectivity index (χ2n) is 9.49. The zero-order valence-corrected chi connectivity index (χ0v) is 20.0. The maximum absolute atomic E-state index is 13.4. The van der Waals surface area contributed by atoms with Gasteiger partial charge < -0.3 is 15.1 Å². The summed E-state index contributed by atoms with van der Waals surface area (Å²) in [5.41, 5.74) is 3.79. The molecule has 2 rings (SSSR count). The van der Waals surface area contributed by atoms with Crippen LogP contribution in [0.5, 0.6) is 0 Å². The van der Waals surface area contributed by atoms with E-state index in [-0.39, 0.29) is 23.3 Å². The van der Waals surface area contributed by atoms with Crippen molar-refractivity contribution < 1.29 is 9.59 Å². The molecule has 0 radical (unpaired) electrons. The Morgan fingerprint density at radius 2 is 1.68 bits per heavy atom. The van der Waals surface area contributed by atoms with E-state index in [9.17, 15) is 9.59 Å². The molecule has 2 aromatic carbocycles. The first-order chi connectivity index (χ1) is 14.5. The minimum atomic E-state index is -0.104. The monoisotopic (exact) mass is 423 g/mol. The third-order valence-corrected chi connectivity index (χ3v) is 5.26. The Labute approximate surface area is 187 Å². The van der Waals surface area contributed by atoms with Crippen LogP contribution in [0.2, 0.25) is 0 Å². The Kier molecular flexibility index (Phi) is 8.26. The number of carbonyl (C=O) groups excluding carboxylic acids is 2. The largest absolute Gasteiger partial charge is 0.377 e. The lowest BCUT2D eigenvalue weighted by atomic mass is 9.91. The van der Waals surface area contributed by atoms with Crippen LogP contribution < -0.4 is 10.2 Å². The first-order valence-electron chi connectivity index (χ1n) is 11.0. The fourth-order valence-electron chi connectivity index (χ4n) is 3.57. The van der Waals surface area contributed by atoms with Crippen LogP contribution in [0.4, 0.5) is 11.4 Å². The van der Waals surface area contributed by atoms with Crippen molar-refractivity contribution in [3.05, 3.63) is 59.7 Å². The Hall–Kier alpha value is -2.82. The third-order valence-electron chi connectivity index (χ3n) is 5.26. The fraction of sp³-hybridized carbons (Fsp3) is 0.462. The average molecular weight is 424 g/mol. The predicted molar refractivity (Wildman–Crippen MR) is 129 cm³/mol. The maximum Gasteiger partial charge on any atom is 0.224 e. The number of carbonyl (C=O) groups is 2. The van der Waals surface area contributed by atoms with Crippen molar-refractivity contribution in [3.8, 4) is 0 Å². The average Bonchev–Trinajstić information content (AvgIpc) is 2.70. The lowest BCUT2D eigenvalue weighted by molar-refractivity contribution is -0.136. The molecule has 2 aromatic rings. The predicted octanol–water partition coefficient (Wildman–Crippen LogP) is 5.63. The van der Waals surface area contributed by atoms with Crippen molar-refractivity contribution >= 4 is 23.2 Å². The van der Waals surface area contributed by atoms with Gasteiger partial charge in [0.2, 0.25) is 11.8 Å². The number of nitrogens with one attached hydrogen (secondary N) is 1. The molecule has 0 aromatic heterocycles.